The lowest BCUT2D eigenvalue weighted by atomic mass is 9.72. The van der Waals surface area contributed by atoms with Crippen molar-refractivity contribution >= 4 is 0 Å². The first-order valence-corrected chi connectivity index (χ1v) is 6.95. The molecule has 17 heavy (non-hydrogen) atoms. The summed E-state index contributed by atoms with van der Waals surface area (Å²) in [7, 11) is 0. The Kier molecular flexibility index (Phi) is 4.22. The van der Waals surface area contributed by atoms with Crippen LogP contribution in [0.4, 0.5) is 0 Å². The van der Waals surface area contributed by atoms with Gasteiger partial charge in [0.1, 0.15) is 0 Å². The molecule has 1 N–H and O–H groups in total. The highest BCUT2D eigenvalue weighted by Gasteiger charge is 2.36. The summed E-state index contributed by atoms with van der Waals surface area (Å²) < 4.78 is 0. The fourth-order valence-electron chi connectivity index (χ4n) is 2.78. The van der Waals surface area contributed by atoms with E-state index in [1.54, 1.807) is 0 Å². The number of hydrogen-bond acceptors (Lipinski definition) is 1. The molecule has 1 aliphatic rings. The van der Waals surface area contributed by atoms with Crippen molar-refractivity contribution in [2.75, 3.05) is 13.1 Å². The number of benzene rings is 1. The summed E-state index contributed by atoms with van der Waals surface area (Å²) in [5, 5.41) is 3.46. The molecule has 2 rings (SSSR count). The van der Waals surface area contributed by atoms with Crippen LogP contribution in [0.15, 0.2) is 30.3 Å². The van der Waals surface area contributed by atoms with E-state index in [4.69, 9.17) is 0 Å². The molecule has 1 heteroatoms. The fourth-order valence-corrected chi connectivity index (χ4v) is 2.78. The van der Waals surface area contributed by atoms with E-state index in [0.717, 1.165) is 5.92 Å². The molecule has 1 nitrogen and oxygen atoms in total. The molecule has 0 radical (unpaired) electrons. The van der Waals surface area contributed by atoms with Crippen LogP contribution in [0, 0.1) is 11.3 Å². The quantitative estimate of drug-likeness (QED) is 0.788. The van der Waals surface area contributed by atoms with Crippen molar-refractivity contribution in [2.24, 2.45) is 11.3 Å². The average Bonchev–Trinajstić information content (AvgIpc) is 2.26. The fraction of sp³-hybridized carbons (Fsp3) is 0.625. The summed E-state index contributed by atoms with van der Waals surface area (Å²) in [4.78, 5) is 0. The van der Waals surface area contributed by atoms with Crippen molar-refractivity contribution in [1.82, 2.24) is 5.32 Å². The summed E-state index contributed by atoms with van der Waals surface area (Å²) in [6.07, 6.45) is 5.38. The van der Waals surface area contributed by atoms with Gasteiger partial charge in [-0.15, -0.1) is 0 Å². The number of nitrogens with one attached hydrogen (secondary N) is 1. The van der Waals surface area contributed by atoms with E-state index >= 15 is 0 Å². The van der Waals surface area contributed by atoms with Gasteiger partial charge in [0, 0.05) is 13.1 Å². The predicted molar refractivity (Wildman–Crippen MR) is 74.1 cm³/mol. The normalized spacial score (nSPS) is 18.1. The second kappa shape index (κ2) is 5.68. The summed E-state index contributed by atoms with van der Waals surface area (Å²) in [5.74, 6) is 0.844. The Morgan fingerprint density at radius 3 is 2.41 bits per heavy atom. The van der Waals surface area contributed by atoms with E-state index in [1.807, 2.05) is 0 Å². The lowest BCUT2D eigenvalue weighted by Crippen LogP contribution is -2.54. The second-order valence-electron chi connectivity index (χ2n) is 6.05. The largest absolute Gasteiger partial charge is 0.316 e. The van der Waals surface area contributed by atoms with Crippen LogP contribution in [0.25, 0.3) is 0 Å². The highest BCUT2D eigenvalue weighted by Crippen LogP contribution is 2.33. The highest BCUT2D eigenvalue weighted by molar-refractivity contribution is 5.18. The molecule has 1 heterocycles. The van der Waals surface area contributed by atoms with E-state index in [9.17, 15) is 0 Å². The smallest absolute Gasteiger partial charge is 0.00234 e. The van der Waals surface area contributed by atoms with Gasteiger partial charge >= 0.3 is 0 Å². The molecule has 1 fully saturated rings. The molecule has 0 bridgehead atoms. The van der Waals surface area contributed by atoms with Gasteiger partial charge in [-0.25, -0.2) is 0 Å². The lowest BCUT2D eigenvalue weighted by molar-refractivity contribution is 0.145. The molecule has 94 valence electrons. The first-order valence-electron chi connectivity index (χ1n) is 6.95. The van der Waals surface area contributed by atoms with Crippen LogP contribution in [-0.2, 0) is 6.42 Å². The molecule has 0 saturated carbocycles. The number of rotatable bonds is 6. The van der Waals surface area contributed by atoms with Crippen LogP contribution in [0.2, 0.25) is 0 Å². The zero-order valence-corrected chi connectivity index (χ0v) is 11.2. The van der Waals surface area contributed by atoms with Gasteiger partial charge < -0.3 is 5.32 Å². The van der Waals surface area contributed by atoms with Crippen LogP contribution in [0.5, 0.6) is 0 Å². The molecule has 1 aromatic rings. The molecule has 0 atom stereocenters. The summed E-state index contributed by atoms with van der Waals surface area (Å²) >= 11 is 0. The maximum atomic E-state index is 3.46. The van der Waals surface area contributed by atoms with Crippen molar-refractivity contribution in [3.8, 4) is 0 Å². The van der Waals surface area contributed by atoms with Gasteiger partial charge in [0.25, 0.3) is 0 Å². The van der Waals surface area contributed by atoms with Gasteiger partial charge in [0.15, 0.2) is 0 Å². The van der Waals surface area contributed by atoms with Crippen molar-refractivity contribution in [3.05, 3.63) is 35.9 Å². The minimum atomic E-state index is 0.552. The molecule has 1 aliphatic heterocycles. The Labute approximate surface area is 106 Å². The molecule has 0 aromatic heterocycles. The molecule has 0 unspecified atom stereocenters. The lowest BCUT2D eigenvalue weighted by Gasteiger charge is -2.43. The predicted octanol–water partition coefficient (Wildman–Crippen LogP) is 3.65. The topological polar surface area (TPSA) is 12.0 Å². The SMILES string of the molecule is CC(C)CCCC1(Cc2ccccc2)CNC1. The Bertz CT molecular complexity index is 325. The average molecular weight is 231 g/mol. The van der Waals surface area contributed by atoms with E-state index < -0.39 is 0 Å². The Morgan fingerprint density at radius 2 is 1.88 bits per heavy atom. The maximum Gasteiger partial charge on any atom is 0.00234 e. The van der Waals surface area contributed by atoms with Gasteiger partial charge in [0.05, 0.1) is 0 Å². The third kappa shape index (κ3) is 3.57. The van der Waals surface area contributed by atoms with E-state index in [1.165, 1.54) is 44.3 Å². The Balaban J connectivity index is 1.87. The van der Waals surface area contributed by atoms with Crippen LogP contribution in [0.3, 0.4) is 0 Å². The molecule has 1 saturated heterocycles. The van der Waals surface area contributed by atoms with E-state index in [-0.39, 0.29) is 0 Å². The van der Waals surface area contributed by atoms with Crippen LogP contribution in [-0.4, -0.2) is 13.1 Å². The van der Waals surface area contributed by atoms with Crippen molar-refractivity contribution < 1.29 is 0 Å². The summed E-state index contributed by atoms with van der Waals surface area (Å²) in [6.45, 7) is 7.06. The molecule has 0 amide bonds. The van der Waals surface area contributed by atoms with Gasteiger partial charge in [-0.1, -0.05) is 57.0 Å². The standard InChI is InChI=1S/C16H25N/c1-14(2)7-6-10-16(12-17-13-16)11-15-8-4-3-5-9-15/h3-5,8-9,14,17H,6-7,10-13H2,1-2H3. The molecule has 0 spiro atoms. The first-order chi connectivity index (χ1) is 8.20. The van der Waals surface area contributed by atoms with Gasteiger partial charge in [-0.2, -0.15) is 0 Å². The Hall–Kier alpha value is -0.820. The molecular weight excluding hydrogens is 206 g/mol. The third-order valence-electron chi connectivity index (χ3n) is 3.91. The minimum Gasteiger partial charge on any atom is -0.316 e. The van der Waals surface area contributed by atoms with Gasteiger partial charge in [0.2, 0.25) is 0 Å². The van der Waals surface area contributed by atoms with Crippen LogP contribution < -0.4 is 5.32 Å². The summed E-state index contributed by atoms with van der Waals surface area (Å²) in [6, 6.07) is 10.9. The molecule has 0 aliphatic carbocycles. The van der Waals surface area contributed by atoms with Crippen molar-refractivity contribution in [2.45, 2.75) is 39.5 Å². The highest BCUT2D eigenvalue weighted by atomic mass is 15.0. The number of hydrogen-bond donors (Lipinski definition) is 1. The molecule has 1 aromatic carbocycles. The minimum absolute atomic E-state index is 0.552. The Morgan fingerprint density at radius 1 is 1.18 bits per heavy atom. The summed E-state index contributed by atoms with van der Waals surface area (Å²) in [5.41, 5.74) is 2.05. The third-order valence-corrected chi connectivity index (χ3v) is 3.91. The first kappa shape index (κ1) is 12.6. The van der Waals surface area contributed by atoms with Gasteiger partial charge in [-0.3, -0.25) is 0 Å². The van der Waals surface area contributed by atoms with Crippen molar-refractivity contribution in [1.29, 1.82) is 0 Å². The van der Waals surface area contributed by atoms with Crippen LogP contribution >= 0.6 is 0 Å². The van der Waals surface area contributed by atoms with Crippen molar-refractivity contribution in [3.63, 3.8) is 0 Å². The van der Waals surface area contributed by atoms with Crippen LogP contribution in [0.1, 0.15) is 38.7 Å². The zero-order valence-electron chi connectivity index (χ0n) is 11.2. The monoisotopic (exact) mass is 231 g/mol. The van der Waals surface area contributed by atoms with E-state index in [2.05, 4.69) is 49.5 Å². The zero-order chi connectivity index (χ0) is 12.1. The maximum absolute atomic E-state index is 3.46. The second-order valence-corrected chi connectivity index (χ2v) is 6.05. The van der Waals surface area contributed by atoms with E-state index in [0.29, 0.717) is 5.41 Å². The molecular formula is C16H25N. The van der Waals surface area contributed by atoms with Gasteiger partial charge in [-0.05, 0) is 29.7 Å².